The summed E-state index contributed by atoms with van der Waals surface area (Å²) in [6.07, 6.45) is 2.67. The van der Waals surface area contributed by atoms with Crippen LogP contribution in [-0.4, -0.2) is 108 Å². The van der Waals surface area contributed by atoms with Gasteiger partial charge in [-0.25, -0.2) is 0 Å². The molecule has 2 fully saturated rings. The van der Waals surface area contributed by atoms with Crippen LogP contribution < -0.4 is 16.0 Å². The van der Waals surface area contributed by atoms with Crippen LogP contribution in [0.1, 0.15) is 80.1 Å². The summed E-state index contributed by atoms with van der Waals surface area (Å²) in [5, 5.41) is 8.39. The zero-order valence-electron chi connectivity index (χ0n) is 26.0. The van der Waals surface area contributed by atoms with Crippen LogP contribution in [0.5, 0.6) is 0 Å². The molecule has 0 aromatic carbocycles. The van der Waals surface area contributed by atoms with Crippen LogP contribution in [0, 0.1) is 11.8 Å². The Morgan fingerprint density at radius 3 is 2.12 bits per heavy atom. The lowest BCUT2D eigenvalue weighted by atomic mass is 9.94. The smallest absolute Gasteiger partial charge is 0.246 e. The molecule has 2 saturated heterocycles. The monoisotopic (exact) mass is 578 g/mol. The number of carbonyl (C=O) groups excluding carboxylic acids is 6. The third-order valence-electron chi connectivity index (χ3n) is 8.43. The first-order chi connectivity index (χ1) is 19.3. The number of hydrogen-bond acceptors (Lipinski definition) is 6. The maximum absolute atomic E-state index is 13.9. The molecule has 6 atom stereocenters. The van der Waals surface area contributed by atoms with Crippen LogP contribution in [0.25, 0.3) is 0 Å². The molecule has 12 nitrogen and oxygen atoms in total. The van der Waals surface area contributed by atoms with Crippen molar-refractivity contribution >= 4 is 35.4 Å². The lowest BCUT2D eigenvalue weighted by molar-refractivity contribution is -0.151. The standard InChI is InChI=1S/C29H50N6O6/c1-9-12-20-27(39)35-16-11-13-21(35)26(38)32-23(18(5)10-2)28(40)34(8)24(17(3)4)29(41)33(7)19(6)25(37)30-15-14-22(36)31-20/h17-21,23-24H,9-16H2,1-8H3,(H,30,37)(H,31,36)(H,32,38)/t18-,19-,20-,21-,23-,24-/m0/s1. The van der Waals surface area contributed by atoms with Gasteiger partial charge in [-0.3, -0.25) is 28.8 Å². The third-order valence-corrected chi connectivity index (χ3v) is 8.43. The van der Waals surface area contributed by atoms with Crippen LogP contribution in [0.15, 0.2) is 0 Å². The molecule has 0 aromatic heterocycles. The molecule has 0 aliphatic carbocycles. The van der Waals surface area contributed by atoms with Crippen LogP contribution in [0.4, 0.5) is 0 Å². The molecule has 41 heavy (non-hydrogen) atoms. The van der Waals surface area contributed by atoms with E-state index in [-0.39, 0.29) is 30.7 Å². The average Bonchev–Trinajstić information content (AvgIpc) is 3.43. The Kier molecular flexibility index (Phi) is 12.6. The van der Waals surface area contributed by atoms with E-state index in [1.165, 1.54) is 21.7 Å². The van der Waals surface area contributed by atoms with E-state index in [4.69, 9.17) is 0 Å². The molecular weight excluding hydrogens is 528 g/mol. The van der Waals surface area contributed by atoms with Gasteiger partial charge in [0.2, 0.25) is 35.4 Å². The van der Waals surface area contributed by atoms with Crippen molar-refractivity contribution in [2.45, 2.75) is 110 Å². The molecule has 2 heterocycles. The van der Waals surface area contributed by atoms with Crippen LogP contribution in [0.3, 0.4) is 0 Å². The highest BCUT2D eigenvalue weighted by Crippen LogP contribution is 2.22. The minimum atomic E-state index is -0.914. The second kappa shape index (κ2) is 15.2. The van der Waals surface area contributed by atoms with Crippen LogP contribution in [-0.2, 0) is 28.8 Å². The molecule has 2 aliphatic heterocycles. The molecule has 3 N–H and O–H groups in total. The summed E-state index contributed by atoms with van der Waals surface area (Å²) in [5.41, 5.74) is 0. The Hall–Kier alpha value is -3.18. The summed E-state index contributed by atoms with van der Waals surface area (Å²) in [6.45, 7) is 11.3. The van der Waals surface area contributed by atoms with Crippen molar-refractivity contribution in [3.05, 3.63) is 0 Å². The zero-order chi connectivity index (χ0) is 31.0. The topological polar surface area (TPSA) is 148 Å². The number of carbonyl (C=O) groups is 6. The fraction of sp³-hybridized carbons (Fsp3) is 0.793. The van der Waals surface area contributed by atoms with Crippen molar-refractivity contribution in [3.8, 4) is 0 Å². The van der Waals surface area contributed by atoms with Crippen molar-refractivity contribution in [2.75, 3.05) is 27.2 Å². The summed E-state index contributed by atoms with van der Waals surface area (Å²) >= 11 is 0. The average molecular weight is 579 g/mol. The molecule has 0 bridgehead atoms. The second-order valence-electron chi connectivity index (χ2n) is 11.8. The first kappa shape index (κ1) is 34.0. The molecule has 6 amide bonds. The molecular formula is C29H50N6O6. The number of rotatable bonds is 5. The molecule has 12 heteroatoms. The maximum Gasteiger partial charge on any atom is 0.246 e. The van der Waals surface area contributed by atoms with Crippen molar-refractivity contribution < 1.29 is 28.8 Å². The van der Waals surface area contributed by atoms with E-state index in [2.05, 4.69) is 16.0 Å². The van der Waals surface area contributed by atoms with Crippen molar-refractivity contribution in [1.29, 1.82) is 0 Å². The van der Waals surface area contributed by atoms with E-state index in [1.54, 1.807) is 14.0 Å². The van der Waals surface area contributed by atoms with Gasteiger partial charge in [-0.05, 0) is 38.0 Å². The molecule has 2 rings (SSSR count). The number of likely N-dealkylation sites (N-methyl/N-ethyl adjacent to an activating group) is 2. The minimum Gasteiger partial charge on any atom is -0.354 e. The predicted molar refractivity (Wildman–Crippen MR) is 154 cm³/mol. The van der Waals surface area contributed by atoms with Gasteiger partial charge in [0.25, 0.3) is 0 Å². The SMILES string of the molecule is CCC[C@@H]1NC(=O)CCNC(=O)[C@H](C)N(C)C(=O)[C@H](C(C)C)N(C)C(=O)[C@H]([C@@H](C)CC)NC(=O)[C@@H]2CCCN2C1=O. The largest absolute Gasteiger partial charge is 0.354 e. The number of hydrogen-bond donors (Lipinski definition) is 3. The number of nitrogens with one attached hydrogen (secondary N) is 3. The molecule has 0 spiro atoms. The number of nitrogens with zero attached hydrogens (tertiary/aromatic N) is 3. The van der Waals surface area contributed by atoms with Crippen LogP contribution >= 0.6 is 0 Å². The second-order valence-corrected chi connectivity index (χ2v) is 11.8. The Morgan fingerprint density at radius 1 is 0.878 bits per heavy atom. The van der Waals surface area contributed by atoms with E-state index >= 15 is 0 Å². The van der Waals surface area contributed by atoms with Gasteiger partial charge in [0.1, 0.15) is 30.2 Å². The Bertz CT molecular complexity index is 987. The van der Waals surface area contributed by atoms with Gasteiger partial charge in [-0.2, -0.15) is 0 Å². The highest BCUT2D eigenvalue weighted by molar-refractivity contribution is 5.97. The molecule has 2 aliphatic rings. The fourth-order valence-electron chi connectivity index (χ4n) is 5.53. The van der Waals surface area contributed by atoms with Gasteiger partial charge in [0, 0.05) is 33.6 Å². The summed E-state index contributed by atoms with van der Waals surface area (Å²) in [4.78, 5) is 84.5. The Balaban J connectivity index is 2.52. The summed E-state index contributed by atoms with van der Waals surface area (Å²) in [7, 11) is 3.06. The number of amides is 6. The van der Waals surface area contributed by atoms with E-state index in [1.807, 2.05) is 34.6 Å². The third kappa shape index (κ3) is 8.19. The summed E-state index contributed by atoms with van der Waals surface area (Å²) in [6, 6.07) is -4.21. The van der Waals surface area contributed by atoms with Crippen molar-refractivity contribution in [1.82, 2.24) is 30.7 Å². The van der Waals surface area contributed by atoms with E-state index in [9.17, 15) is 28.8 Å². The fourth-order valence-corrected chi connectivity index (χ4v) is 5.53. The Morgan fingerprint density at radius 2 is 1.54 bits per heavy atom. The highest BCUT2D eigenvalue weighted by Gasteiger charge is 2.42. The summed E-state index contributed by atoms with van der Waals surface area (Å²) < 4.78 is 0. The van der Waals surface area contributed by atoms with Gasteiger partial charge < -0.3 is 30.7 Å². The van der Waals surface area contributed by atoms with Gasteiger partial charge in [-0.15, -0.1) is 0 Å². The quantitative estimate of drug-likeness (QED) is 0.436. The molecule has 0 aromatic rings. The van der Waals surface area contributed by atoms with E-state index in [0.717, 1.165) is 0 Å². The lowest BCUT2D eigenvalue weighted by Gasteiger charge is -2.38. The van der Waals surface area contributed by atoms with E-state index < -0.39 is 59.7 Å². The maximum atomic E-state index is 13.9. The lowest BCUT2D eigenvalue weighted by Crippen LogP contribution is -2.61. The zero-order valence-corrected chi connectivity index (χ0v) is 26.0. The highest BCUT2D eigenvalue weighted by atomic mass is 16.2. The Labute approximate surface area is 244 Å². The molecule has 0 radical (unpaired) electrons. The summed E-state index contributed by atoms with van der Waals surface area (Å²) in [5.74, 6) is -2.91. The molecule has 0 unspecified atom stereocenters. The van der Waals surface area contributed by atoms with Gasteiger partial charge in [0.05, 0.1) is 0 Å². The van der Waals surface area contributed by atoms with Gasteiger partial charge >= 0.3 is 0 Å². The number of fused-ring (bicyclic) bond motifs is 1. The first-order valence-corrected chi connectivity index (χ1v) is 15.0. The predicted octanol–water partition coefficient (Wildman–Crippen LogP) is 0.643. The molecule has 232 valence electrons. The van der Waals surface area contributed by atoms with E-state index in [0.29, 0.717) is 38.6 Å². The van der Waals surface area contributed by atoms with Crippen LogP contribution in [0.2, 0.25) is 0 Å². The van der Waals surface area contributed by atoms with Gasteiger partial charge in [0.15, 0.2) is 0 Å². The van der Waals surface area contributed by atoms with Crippen molar-refractivity contribution in [3.63, 3.8) is 0 Å². The molecule has 0 saturated carbocycles. The van der Waals surface area contributed by atoms with Crippen molar-refractivity contribution in [2.24, 2.45) is 11.8 Å². The minimum absolute atomic E-state index is 0.0292. The van der Waals surface area contributed by atoms with Gasteiger partial charge in [-0.1, -0.05) is 47.5 Å². The normalized spacial score (nSPS) is 28.9. The first-order valence-electron chi connectivity index (χ1n) is 15.0.